The molecule has 10 nitrogen and oxygen atoms in total. The zero-order valence-electron chi connectivity index (χ0n) is 11.9. The third-order valence-electron chi connectivity index (χ3n) is 2.57. The van der Waals surface area contributed by atoms with Crippen LogP contribution in [0.4, 0.5) is 0 Å². The first kappa shape index (κ1) is 18.5. The number of primary amides is 1. The number of carbonyl (C=O) groups is 2. The molecule has 0 saturated heterocycles. The predicted octanol–water partition coefficient (Wildman–Crippen LogP) is -2.20. The molecule has 1 aromatic carbocycles. The van der Waals surface area contributed by atoms with Crippen LogP contribution in [0.1, 0.15) is 5.56 Å². The number of nitrogens with zero attached hydrogens (tertiary/aromatic N) is 1. The third kappa shape index (κ3) is 6.42. The molecule has 1 rings (SSSR count). The summed E-state index contributed by atoms with van der Waals surface area (Å²) in [5, 5.41) is 19.2. The van der Waals surface area contributed by atoms with Gasteiger partial charge in [-0.3, -0.25) is 9.59 Å². The number of aliphatic hydroxyl groups excluding tert-OH is 1. The van der Waals surface area contributed by atoms with Gasteiger partial charge >= 0.3 is 0 Å². The molecule has 0 aliphatic carbocycles. The van der Waals surface area contributed by atoms with Crippen molar-refractivity contribution in [2.24, 2.45) is 16.0 Å². The van der Waals surface area contributed by atoms with Gasteiger partial charge in [0, 0.05) is 0 Å². The number of aliphatic hydroxyl groups is 1. The number of hydrogen-bond donors (Lipinski definition) is 4. The Morgan fingerprint density at radius 1 is 1.35 bits per heavy atom. The van der Waals surface area contributed by atoms with Gasteiger partial charge in [-0.2, -0.15) is 0 Å². The fourth-order valence-corrected chi connectivity index (χ4v) is 1.90. The first-order valence-electron chi connectivity index (χ1n) is 6.21. The van der Waals surface area contributed by atoms with Crippen LogP contribution in [0.5, 0.6) is 0 Å². The molecule has 1 atom stereocenters. The van der Waals surface area contributed by atoms with Crippen molar-refractivity contribution in [3.05, 3.63) is 29.8 Å². The van der Waals surface area contributed by atoms with E-state index in [2.05, 4.69) is 10.5 Å². The van der Waals surface area contributed by atoms with E-state index in [1.807, 2.05) is 0 Å². The highest BCUT2D eigenvalue weighted by atomic mass is 32.2. The summed E-state index contributed by atoms with van der Waals surface area (Å²) in [5.74, 6) is -1.66. The quantitative estimate of drug-likeness (QED) is 0.307. The Morgan fingerprint density at radius 2 is 1.96 bits per heavy atom. The average molecular weight is 344 g/mol. The molecule has 11 heteroatoms. The van der Waals surface area contributed by atoms with Gasteiger partial charge in [-0.1, -0.05) is 17.3 Å². The number of hydrogen-bond acceptors (Lipinski definition) is 7. The Labute approximate surface area is 132 Å². The number of nitrogens with two attached hydrogens (primary N) is 2. The van der Waals surface area contributed by atoms with Crippen molar-refractivity contribution in [1.29, 1.82) is 0 Å². The molecule has 0 saturated carbocycles. The molecular weight excluding hydrogens is 328 g/mol. The van der Waals surface area contributed by atoms with Gasteiger partial charge in [-0.25, -0.2) is 13.6 Å². The van der Waals surface area contributed by atoms with E-state index in [4.69, 9.17) is 20.8 Å². The molecule has 0 aliphatic heterocycles. The summed E-state index contributed by atoms with van der Waals surface area (Å²) < 4.78 is 22.1. The van der Waals surface area contributed by atoms with E-state index >= 15 is 0 Å². The van der Waals surface area contributed by atoms with E-state index in [1.165, 1.54) is 24.3 Å². The highest BCUT2D eigenvalue weighted by Gasteiger charge is 2.15. The number of carbonyl (C=O) groups excluding carboxylic acids is 2. The number of oxime groups is 1. The van der Waals surface area contributed by atoms with Crippen molar-refractivity contribution >= 4 is 28.1 Å². The van der Waals surface area contributed by atoms with Gasteiger partial charge in [-0.15, -0.1) is 0 Å². The van der Waals surface area contributed by atoms with Crippen molar-refractivity contribution in [2.45, 2.75) is 17.5 Å². The number of nitrogens with one attached hydrogen (secondary N) is 1. The van der Waals surface area contributed by atoms with Crippen molar-refractivity contribution in [2.75, 3.05) is 6.61 Å². The van der Waals surface area contributed by atoms with Gasteiger partial charge in [0.1, 0.15) is 18.9 Å². The van der Waals surface area contributed by atoms with Crippen molar-refractivity contribution in [1.82, 2.24) is 5.32 Å². The number of sulfonamides is 1. The van der Waals surface area contributed by atoms with Crippen molar-refractivity contribution < 1.29 is 28.0 Å². The van der Waals surface area contributed by atoms with E-state index in [-0.39, 0.29) is 11.5 Å². The van der Waals surface area contributed by atoms with E-state index in [9.17, 15) is 18.0 Å². The predicted molar refractivity (Wildman–Crippen MR) is 79.3 cm³/mol. The van der Waals surface area contributed by atoms with Crippen LogP contribution in [0.3, 0.4) is 0 Å². The Balaban J connectivity index is 2.47. The fraction of sp³-hybridized carbons (Fsp3) is 0.250. The van der Waals surface area contributed by atoms with Crippen LogP contribution in [0.2, 0.25) is 0 Å². The molecule has 1 aromatic rings. The SMILES string of the molecule is NC(=O)[C@H](CO)NC(=O)/C=N/OCc1ccc(S(N)(=O)=O)cc1. The second-order valence-electron chi connectivity index (χ2n) is 4.34. The molecule has 126 valence electrons. The van der Waals surface area contributed by atoms with Crippen LogP contribution in [-0.4, -0.2) is 44.2 Å². The van der Waals surface area contributed by atoms with Crippen LogP contribution in [0.15, 0.2) is 34.3 Å². The van der Waals surface area contributed by atoms with E-state index in [0.717, 1.165) is 6.21 Å². The summed E-state index contributed by atoms with van der Waals surface area (Å²) in [4.78, 5) is 26.9. The fourth-order valence-electron chi connectivity index (χ4n) is 1.39. The summed E-state index contributed by atoms with van der Waals surface area (Å²) in [5.41, 5.74) is 5.53. The van der Waals surface area contributed by atoms with E-state index in [0.29, 0.717) is 5.56 Å². The van der Waals surface area contributed by atoms with Crippen LogP contribution in [0, 0.1) is 0 Å². The molecule has 0 bridgehead atoms. The Hall–Kier alpha value is -2.50. The molecule has 23 heavy (non-hydrogen) atoms. The minimum atomic E-state index is -3.76. The van der Waals surface area contributed by atoms with Gasteiger partial charge in [0.15, 0.2) is 0 Å². The Morgan fingerprint density at radius 3 is 2.43 bits per heavy atom. The van der Waals surface area contributed by atoms with Crippen LogP contribution < -0.4 is 16.2 Å². The maximum absolute atomic E-state index is 11.3. The second-order valence-corrected chi connectivity index (χ2v) is 5.90. The number of amides is 2. The minimum absolute atomic E-state index is 0.0199. The maximum atomic E-state index is 11.3. The lowest BCUT2D eigenvalue weighted by molar-refractivity contribution is -0.125. The van der Waals surface area contributed by atoms with Crippen LogP contribution in [-0.2, 0) is 31.1 Å². The number of primary sulfonamides is 1. The summed E-state index contributed by atoms with van der Waals surface area (Å²) in [6.45, 7) is -0.653. The smallest absolute Gasteiger partial charge is 0.266 e. The lowest BCUT2D eigenvalue weighted by atomic mass is 10.2. The van der Waals surface area contributed by atoms with Gasteiger partial charge in [0.05, 0.1) is 11.5 Å². The molecule has 0 unspecified atom stereocenters. The zero-order chi connectivity index (χ0) is 17.5. The molecule has 0 spiro atoms. The lowest BCUT2D eigenvalue weighted by Gasteiger charge is -2.09. The molecular formula is C12H16N4O6S. The van der Waals surface area contributed by atoms with Crippen LogP contribution in [0.25, 0.3) is 0 Å². The van der Waals surface area contributed by atoms with Crippen molar-refractivity contribution in [3.8, 4) is 0 Å². The zero-order valence-corrected chi connectivity index (χ0v) is 12.7. The normalized spacial score (nSPS) is 12.8. The molecule has 0 fully saturated rings. The summed E-state index contributed by atoms with van der Waals surface area (Å²) in [7, 11) is -3.76. The first-order chi connectivity index (χ1) is 10.7. The van der Waals surface area contributed by atoms with E-state index < -0.39 is 34.5 Å². The van der Waals surface area contributed by atoms with Gasteiger partial charge < -0.3 is 21.0 Å². The topological polar surface area (TPSA) is 174 Å². The number of rotatable bonds is 8. The van der Waals surface area contributed by atoms with Gasteiger partial charge in [0.25, 0.3) is 5.91 Å². The summed E-state index contributed by atoms with van der Waals surface area (Å²) in [6.07, 6.45) is 0.768. The molecule has 0 aromatic heterocycles. The third-order valence-corrected chi connectivity index (χ3v) is 3.50. The Kier molecular flexibility index (Phi) is 6.63. The highest BCUT2D eigenvalue weighted by molar-refractivity contribution is 7.89. The monoisotopic (exact) mass is 344 g/mol. The number of benzene rings is 1. The molecule has 2 amide bonds. The van der Waals surface area contributed by atoms with Crippen molar-refractivity contribution in [3.63, 3.8) is 0 Å². The minimum Gasteiger partial charge on any atom is -0.394 e. The highest BCUT2D eigenvalue weighted by Crippen LogP contribution is 2.09. The molecule has 0 heterocycles. The Bertz CT molecular complexity index is 686. The van der Waals surface area contributed by atoms with Gasteiger partial charge in [-0.05, 0) is 17.7 Å². The standard InChI is InChI=1S/C12H16N4O6S/c13-12(19)10(6-17)16-11(18)5-15-22-7-8-1-3-9(4-2-8)23(14,20)21/h1-5,10,17H,6-7H2,(H2,13,19)(H,16,18)(H2,14,20,21)/b15-5+/t10-/m0/s1. The molecule has 6 N–H and O–H groups in total. The second kappa shape index (κ2) is 8.22. The maximum Gasteiger partial charge on any atom is 0.266 e. The summed E-state index contributed by atoms with van der Waals surface area (Å²) in [6, 6.07) is 4.36. The van der Waals surface area contributed by atoms with Crippen LogP contribution >= 0.6 is 0 Å². The molecule has 0 aliphatic rings. The first-order valence-corrected chi connectivity index (χ1v) is 7.76. The van der Waals surface area contributed by atoms with E-state index in [1.54, 1.807) is 0 Å². The lowest BCUT2D eigenvalue weighted by Crippen LogP contribution is -2.47. The summed E-state index contributed by atoms with van der Waals surface area (Å²) >= 11 is 0. The van der Waals surface area contributed by atoms with Gasteiger partial charge in [0.2, 0.25) is 15.9 Å². The largest absolute Gasteiger partial charge is 0.394 e. The average Bonchev–Trinajstić information content (AvgIpc) is 2.48. The molecule has 0 radical (unpaired) electrons.